The standard InChI is InChI=1S/C13H19ClN2O.2ClH/c1-2-12(16-8-6-15-7-9-16)10-4-3-5-11(14)13(10)17;;/h3-5,12,15,17H,2,6-9H2,1H3;2*1H/t12-;;/m1../s1. The van der Waals surface area contributed by atoms with Crippen LogP contribution in [0.2, 0.25) is 5.02 Å². The Bertz CT molecular complexity index is 384. The van der Waals surface area contributed by atoms with Crippen molar-refractivity contribution in [1.82, 2.24) is 10.2 Å². The van der Waals surface area contributed by atoms with Crippen molar-refractivity contribution in [3.63, 3.8) is 0 Å². The molecule has 2 rings (SSSR count). The van der Waals surface area contributed by atoms with Crippen molar-refractivity contribution >= 4 is 36.4 Å². The van der Waals surface area contributed by atoms with Gasteiger partial charge in [-0.25, -0.2) is 0 Å². The van der Waals surface area contributed by atoms with Gasteiger partial charge >= 0.3 is 0 Å². The predicted octanol–water partition coefficient (Wildman–Crippen LogP) is 3.25. The molecule has 1 aliphatic rings. The zero-order valence-corrected chi connectivity index (χ0v) is 13.3. The van der Waals surface area contributed by atoms with E-state index in [9.17, 15) is 5.11 Å². The van der Waals surface area contributed by atoms with Crippen molar-refractivity contribution < 1.29 is 5.11 Å². The lowest BCUT2D eigenvalue weighted by atomic mass is 10.0. The zero-order valence-electron chi connectivity index (χ0n) is 10.9. The van der Waals surface area contributed by atoms with E-state index in [-0.39, 0.29) is 36.6 Å². The first-order valence-electron chi connectivity index (χ1n) is 6.16. The fraction of sp³-hybridized carbons (Fsp3) is 0.538. The molecule has 1 aromatic rings. The van der Waals surface area contributed by atoms with E-state index < -0.39 is 0 Å². The van der Waals surface area contributed by atoms with E-state index in [0.717, 1.165) is 38.2 Å². The second-order valence-corrected chi connectivity index (χ2v) is 4.79. The summed E-state index contributed by atoms with van der Waals surface area (Å²) >= 11 is 5.97. The third kappa shape index (κ3) is 4.40. The largest absolute Gasteiger partial charge is 0.506 e. The lowest BCUT2D eigenvalue weighted by Crippen LogP contribution is -2.45. The molecule has 2 N–H and O–H groups in total. The number of nitrogens with zero attached hydrogens (tertiary/aromatic N) is 1. The van der Waals surface area contributed by atoms with Crippen LogP contribution < -0.4 is 5.32 Å². The third-order valence-corrected chi connectivity index (χ3v) is 3.66. The lowest BCUT2D eigenvalue weighted by Gasteiger charge is -2.35. The topological polar surface area (TPSA) is 35.5 Å². The molecule has 1 fully saturated rings. The first kappa shape index (κ1) is 18.8. The van der Waals surface area contributed by atoms with Gasteiger partial charge in [0.25, 0.3) is 0 Å². The molecule has 6 heteroatoms. The third-order valence-electron chi connectivity index (χ3n) is 3.36. The van der Waals surface area contributed by atoms with E-state index in [0.29, 0.717) is 5.02 Å². The maximum Gasteiger partial charge on any atom is 0.138 e. The van der Waals surface area contributed by atoms with Crippen LogP contribution in [0.15, 0.2) is 18.2 Å². The van der Waals surface area contributed by atoms with E-state index in [2.05, 4.69) is 17.1 Å². The molecule has 1 aliphatic heterocycles. The van der Waals surface area contributed by atoms with Gasteiger partial charge in [0, 0.05) is 37.8 Å². The first-order chi connectivity index (χ1) is 8.24. The normalized spacial score (nSPS) is 17.2. The Labute approximate surface area is 132 Å². The number of phenols is 1. The highest BCUT2D eigenvalue weighted by Crippen LogP contribution is 2.35. The Kier molecular flexibility index (Phi) is 8.79. The summed E-state index contributed by atoms with van der Waals surface area (Å²) in [6.45, 7) is 6.21. The summed E-state index contributed by atoms with van der Waals surface area (Å²) in [6, 6.07) is 5.86. The minimum atomic E-state index is 0. The number of para-hydroxylation sites is 1. The molecule has 1 aromatic carbocycles. The maximum absolute atomic E-state index is 10.1. The smallest absolute Gasteiger partial charge is 0.138 e. The molecule has 1 atom stereocenters. The van der Waals surface area contributed by atoms with Crippen LogP contribution in [-0.2, 0) is 0 Å². The molecule has 19 heavy (non-hydrogen) atoms. The van der Waals surface area contributed by atoms with E-state index in [1.807, 2.05) is 12.1 Å². The Morgan fingerprint density at radius 1 is 1.32 bits per heavy atom. The highest BCUT2D eigenvalue weighted by Gasteiger charge is 2.23. The quantitative estimate of drug-likeness (QED) is 0.894. The first-order valence-corrected chi connectivity index (χ1v) is 6.54. The Hall–Kier alpha value is -0.190. The molecule has 0 bridgehead atoms. The summed E-state index contributed by atoms with van der Waals surface area (Å²) in [6.07, 6.45) is 0.980. The molecule has 0 saturated carbocycles. The molecule has 1 heterocycles. The molecular weight excluding hydrogens is 307 g/mol. The molecule has 0 unspecified atom stereocenters. The summed E-state index contributed by atoms with van der Waals surface area (Å²) < 4.78 is 0. The summed E-state index contributed by atoms with van der Waals surface area (Å²) in [5.41, 5.74) is 0.946. The summed E-state index contributed by atoms with van der Waals surface area (Å²) in [5.74, 6) is 0.236. The molecule has 0 aliphatic carbocycles. The molecule has 0 amide bonds. The average Bonchev–Trinajstić information content (AvgIpc) is 2.37. The van der Waals surface area contributed by atoms with Crippen molar-refractivity contribution in [2.24, 2.45) is 0 Å². The number of phenolic OH excluding ortho intramolecular Hbond substituents is 1. The minimum Gasteiger partial charge on any atom is -0.506 e. The summed E-state index contributed by atoms with van der Waals surface area (Å²) in [4.78, 5) is 2.40. The van der Waals surface area contributed by atoms with E-state index in [1.54, 1.807) is 6.07 Å². The molecule has 3 nitrogen and oxygen atoms in total. The fourth-order valence-electron chi connectivity index (χ4n) is 2.47. The van der Waals surface area contributed by atoms with Crippen LogP contribution in [-0.4, -0.2) is 36.2 Å². The number of hydrogen-bond donors (Lipinski definition) is 2. The highest BCUT2D eigenvalue weighted by molar-refractivity contribution is 6.32. The van der Waals surface area contributed by atoms with Gasteiger partial charge in [-0.05, 0) is 12.5 Å². The Balaban J connectivity index is 0.00000162. The van der Waals surface area contributed by atoms with Crippen molar-refractivity contribution in [3.8, 4) is 5.75 Å². The number of hydrogen-bond acceptors (Lipinski definition) is 3. The van der Waals surface area contributed by atoms with Gasteiger partial charge in [-0.1, -0.05) is 30.7 Å². The maximum atomic E-state index is 10.1. The van der Waals surface area contributed by atoms with Gasteiger partial charge in [0.1, 0.15) is 5.75 Å². The molecule has 110 valence electrons. The highest BCUT2D eigenvalue weighted by atomic mass is 35.5. The number of halogens is 3. The van der Waals surface area contributed by atoms with Gasteiger partial charge < -0.3 is 10.4 Å². The van der Waals surface area contributed by atoms with Crippen molar-refractivity contribution in [3.05, 3.63) is 28.8 Å². The number of benzene rings is 1. The molecule has 0 radical (unpaired) electrons. The van der Waals surface area contributed by atoms with Crippen molar-refractivity contribution in [2.45, 2.75) is 19.4 Å². The van der Waals surface area contributed by atoms with E-state index >= 15 is 0 Å². The van der Waals surface area contributed by atoms with Gasteiger partial charge in [0.15, 0.2) is 0 Å². The van der Waals surface area contributed by atoms with Crippen LogP contribution in [0.3, 0.4) is 0 Å². The second kappa shape index (κ2) is 8.88. The number of nitrogens with one attached hydrogen (secondary N) is 1. The van der Waals surface area contributed by atoms with Crippen LogP contribution in [0, 0.1) is 0 Å². The summed E-state index contributed by atoms with van der Waals surface area (Å²) in [5, 5.41) is 13.8. The molecule has 0 spiro atoms. The molecule has 1 saturated heterocycles. The molecular formula is C13H21Cl3N2O. The van der Waals surface area contributed by atoms with Crippen molar-refractivity contribution in [1.29, 1.82) is 0 Å². The minimum absolute atomic E-state index is 0. The summed E-state index contributed by atoms with van der Waals surface area (Å²) in [7, 11) is 0. The zero-order chi connectivity index (χ0) is 12.3. The number of aromatic hydroxyl groups is 1. The second-order valence-electron chi connectivity index (χ2n) is 4.39. The SMILES string of the molecule is CC[C@H](c1cccc(Cl)c1O)N1CCNCC1.Cl.Cl. The van der Waals surface area contributed by atoms with Gasteiger partial charge in [0.2, 0.25) is 0 Å². The van der Waals surface area contributed by atoms with E-state index in [4.69, 9.17) is 11.6 Å². The van der Waals surface area contributed by atoms with Crippen LogP contribution in [0.4, 0.5) is 0 Å². The van der Waals surface area contributed by atoms with Gasteiger partial charge in [-0.3, -0.25) is 4.90 Å². The van der Waals surface area contributed by atoms with Crippen LogP contribution in [0.1, 0.15) is 24.9 Å². The molecule has 0 aromatic heterocycles. The Morgan fingerprint density at radius 2 is 1.95 bits per heavy atom. The monoisotopic (exact) mass is 326 g/mol. The van der Waals surface area contributed by atoms with Crippen LogP contribution >= 0.6 is 36.4 Å². The Morgan fingerprint density at radius 3 is 2.53 bits per heavy atom. The van der Waals surface area contributed by atoms with Gasteiger partial charge in [0.05, 0.1) is 5.02 Å². The number of piperazine rings is 1. The lowest BCUT2D eigenvalue weighted by molar-refractivity contribution is 0.167. The van der Waals surface area contributed by atoms with Gasteiger partial charge in [-0.2, -0.15) is 0 Å². The number of rotatable bonds is 3. The van der Waals surface area contributed by atoms with Crippen LogP contribution in [0.25, 0.3) is 0 Å². The average molecular weight is 328 g/mol. The van der Waals surface area contributed by atoms with Crippen LogP contribution in [0.5, 0.6) is 5.75 Å². The predicted molar refractivity (Wildman–Crippen MR) is 85.1 cm³/mol. The van der Waals surface area contributed by atoms with Crippen molar-refractivity contribution in [2.75, 3.05) is 26.2 Å². The van der Waals surface area contributed by atoms with Gasteiger partial charge in [-0.15, -0.1) is 24.8 Å². The van der Waals surface area contributed by atoms with E-state index in [1.165, 1.54) is 0 Å². The fourth-order valence-corrected chi connectivity index (χ4v) is 2.65.